The lowest BCUT2D eigenvalue weighted by atomic mass is 9.71. The lowest BCUT2D eigenvalue weighted by Crippen LogP contribution is -2.56. The van der Waals surface area contributed by atoms with E-state index in [2.05, 4.69) is 40.1 Å². The van der Waals surface area contributed by atoms with E-state index >= 15 is 0 Å². The Bertz CT molecular complexity index is 201. The first-order chi connectivity index (χ1) is 7.55. The Morgan fingerprint density at radius 2 is 2.12 bits per heavy atom. The second-order valence-corrected chi connectivity index (χ2v) is 5.71. The van der Waals surface area contributed by atoms with Crippen LogP contribution >= 0.6 is 0 Å². The predicted molar refractivity (Wildman–Crippen MR) is 69.7 cm³/mol. The van der Waals surface area contributed by atoms with E-state index in [0.29, 0.717) is 12.0 Å². The van der Waals surface area contributed by atoms with Gasteiger partial charge in [-0.1, -0.05) is 33.6 Å². The van der Waals surface area contributed by atoms with Crippen LogP contribution in [0.5, 0.6) is 0 Å². The van der Waals surface area contributed by atoms with E-state index in [-0.39, 0.29) is 5.60 Å². The number of likely N-dealkylation sites (N-methyl/N-ethyl adjacent to an activating group) is 1. The lowest BCUT2D eigenvalue weighted by molar-refractivity contribution is -0.108. The van der Waals surface area contributed by atoms with Gasteiger partial charge in [0.15, 0.2) is 0 Å². The van der Waals surface area contributed by atoms with Gasteiger partial charge < -0.3 is 10.1 Å². The third-order valence-electron chi connectivity index (χ3n) is 3.97. The van der Waals surface area contributed by atoms with Crippen molar-refractivity contribution in [2.45, 2.75) is 65.0 Å². The van der Waals surface area contributed by atoms with Crippen LogP contribution in [0.4, 0.5) is 0 Å². The molecule has 2 nitrogen and oxygen atoms in total. The van der Waals surface area contributed by atoms with Crippen LogP contribution in [-0.4, -0.2) is 25.3 Å². The lowest BCUT2D eigenvalue weighted by Gasteiger charge is -2.47. The van der Waals surface area contributed by atoms with Crippen LogP contribution in [-0.2, 0) is 4.74 Å². The van der Waals surface area contributed by atoms with Gasteiger partial charge in [-0.05, 0) is 38.6 Å². The Morgan fingerprint density at radius 3 is 2.56 bits per heavy atom. The molecular formula is C14H29NO. The molecule has 16 heavy (non-hydrogen) atoms. The van der Waals surface area contributed by atoms with Gasteiger partial charge in [-0.25, -0.2) is 0 Å². The summed E-state index contributed by atoms with van der Waals surface area (Å²) < 4.78 is 6.19. The maximum atomic E-state index is 6.19. The first-order valence-corrected chi connectivity index (χ1v) is 6.87. The van der Waals surface area contributed by atoms with Crippen LogP contribution in [0.15, 0.2) is 0 Å². The Kier molecular flexibility index (Phi) is 5.26. The first kappa shape index (κ1) is 14.0. The molecule has 1 aliphatic carbocycles. The molecule has 0 aromatic carbocycles. The minimum atomic E-state index is 0.0787. The highest BCUT2D eigenvalue weighted by atomic mass is 16.5. The summed E-state index contributed by atoms with van der Waals surface area (Å²) in [7, 11) is 2.07. The maximum absolute atomic E-state index is 6.19. The zero-order valence-electron chi connectivity index (χ0n) is 11.7. The Balaban J connectivity index is 2.84. The van der Waals surface area contributed by atoms with Crippen LogP contribution < -0.4 is 5.32 Å². The molecule has 0 aliphatic heterocycles. The Hall–Kier alpha value is -0.0800. The molecule has 96 valence electrons. The van der Waals surface area contributed by atoms with Crippen molar-refractivity contribution in [3.63, 3.8) is 0 Å². The van der Waals surface area contributed by atoms with Gasteiger partial charge in [0.2, 0.25) is 0 Å². The highest BCUT2D eigenvalue weighted by Crippen LogP contribution is 2.39. The SMILES string of the molecule is CCOC1(C(NC)C(C)C)CCCC(C)C1. The molecule has 1 aliphatic rings. The largest absolute Gasteiger partial charge is 0.374 e. The third kappa shape index (κ3) is 2.98. The summed E-state index contributed by atoms with van der Waals surface area (Å²) >= 11 is 0. The van der Waals surface area contributed by atoms with E-state index in [9.17, 15) is 0 Å². The van der Waals surface area contributed by atoms with E-state index in [1.165, 1.54) is 25.7 Å². The number of nitrogens with one attached hydrogen (secondary N) is 1. The summed E-state index contributed by atoms with van der Waals surface area (Å²) in [6.45, 7) is 9.90. The van der Waals surface area contributed by atoms with Crippen LogP contribution in [0.2, 0.25) is 0 Å². The van der Waals surface area contributed by atoms with Crippen LogP contribution in [0, 0.1) is 11.8 Å². The van der Waals surface area contributed by atoms with Crippen molar-refractivity contribution in [3.05, 3.63) is 0 Å². The van der Waals surface area contributed by atoms with Gasteiger partial charge in [0.1, 0.15) is 0 Å². The van der Waals surface area contributed by atoms with Crippen molar-refractivity contribution in [3.8, 4) is 0 Å². The standard InChI is InChI=1S/C14H29NO/c1-6-16-14(13(15-5)11(2)3)9-7-8-12(4)10-14/h11-13,15H,6-10H2,1-5H3. The number of hydrogen-bond acceptors (Lipinski definition) is 2. The number of rotatable bonds is 5. The first-order valence-electron chi connectivity index (χ1n) is 6.87. The molecule has 1 saturated carbocycles. The van der Waals surface area contributed by atoms with Gasteiger partial charge in [-0.3, -0.25) is 0 Å². The molecule has 1 N–H and O–H groups in total. The van der Waals surface area contributed by atoms with Gasteiger partial charge in [0.05, 0.1) is 5.60 Å². The fourth-order valence-corrected chi connectivity index (χ4v) is 3.54. The summed E-state index contributed by atoms with van der Waals surface area (Å²) in [5.74, 6) is 1.43. The van der Waals surface area contributed by atoms with E-state index in [0.717, 1.165) is 12.5 Å². The van der Waals surface area contributed by atoms with Crippen molar-refractivity contribution in [2.24, 2.45) is 11.8 Å². The number of hydrogen-bond donors (Lipinski definition) is 1. The molecular weight excluding hydrogens is 198 g/mol. The van der Waals surface area contributed by atoms with Gasteiger partial charge in [0, 0.05) is 12.6 Å². The average Bonchev–Trinajstić information content (AvgIpc) is 2.18. The van der Waals surface area contributed by atoms with E-state index in [1.807, 2.05) is 0 Å². The quantitative estimate of drug-likeness (QED) is 0.778. The summed E-state index contributed by atoms with van der Waals surface area (Å²) in [6.07, 6.45) is 5.11. The van der Waals surface area contributed by atoms with Crippen molar-refractivity contribution in [1.29, 1.82) is 0 Å². The minimum absolute atomic E-state index is 0.0787. The molecule has 3 atom stereocenters. The monoisotopic (exact) mass is 227 g/mol. The molecule has 3 unspecified atom stereocenters. The molecule has 0 amide bonds. The molecule has 1 fully saturated rings. The molecule has 0 heterocycles. The maximum Gasteiger partial charge on any atom is 0.0839 e. The van der Waals surface area contributed by atoms with Gasteiger partial charge in [-0.2, -0.15) is 0 Å². The average molecular weight is 227 g/mol. The normalized spacial score (nSPS) is 33.0. The molecule has 2 heteroatoms. The predicted octanol–water partition coefficient (Wildman–Crippen LogP) is 3.22. The van der Waals surface area contributed by atoms with Gasteiger partial charge >= 0.3 is 0 Å². The second kappa shape index (κ2) is 6.02. The van der Waals surface area contributed by atoms with Gasteiger partial charge in [0.25, 0.3) is 0 Å². The molecule has 0 spiro atoms. The fourth-order valence-electron chi connectivity index (χ4n) is 3.54. The summed E-state index contributed by atoms with van der Waals surface area (Å²) in [5, 5.41) is 3.49. The molecule has 0 aromatic heterocycles. The molecule has 0 saturated heterocycles. The van der Waals surface area contributed by atoms with Crippen LogP contribution in [0.25, 0.3) is 0 Å². The van der Waals surface area contributed by atoms with Crippen molar-refractivity contribution in [2.75, 3.05) is 13.7 Å². The molecule has 0 bridgehead atoms. The van der Waals surface area contributed by atoms with Crippen LogP contribution in [0.3, 0.4) is 0 Å². The molecule has 0 aromatic rings. The van der Waals surface area contributed by atoms with Gasteiger partial charge in [-0.15, -0.1) is 0 Å². The third-order valence-corrected chi connectivity index (χ3v) is 3.97. The Labute approximate surface area is 101 Å². The zero-order valence-corrected chi connectivity index (χ0v) is 11.7. The summed E-state index contributed by atoms with van der Waals surface area (Å²) in [4.78, 5) is 0. The van der Waals surface area contributed by atoms with E-state index < -0.39 is 0 Å². The summed E-state index contributed by atoms with van der Waals surface area (Å²) in [5.41, 5.74) is 0.0787. The smallest absolute Gasteiger partial charge is 0.0839 e. The Morgan fingerprint density at radius 1 is 1.44 bits per heavy atom. The fraction of sp³-hybridized carbons (Fsp3) is 1.00. The van der Waals surface area contributed by atoms with Crippen molar-refractivity contribution >= 4 is 0 Å². The summed E-state index contributed by atoms with van der Waals surface area (Å²) in [6, 6.07) is 0.482. The molecule has 1 rings (SSSR count). The van der Waals surface area contributed by atoms with Crippen molar-refractivity contribution in [1.82, 2.24) is 5.32 Å². The van der Waals surface area contributed by atoms with E-state index in [1.54, 1.807) is 0 Å². The van der Waals surface area contributed by atoms with Crippen molar-refractivity contribution < 1.29 is 4.74 Å². The second-order valence-electron chi connectivity index (χ2n) is 5.71. The highest BCUT2D eigenvalue weighted by molar-refractivity contribution is 4.97. The number of ether oxygens (including phenoxy) is 1. The topological polar surface area (TPSA) is 21.3 Å². The zero-order chi connectivity index (χ0) is 12.2. The van der Waals surface area contributed by atoms with Crippen LogP contribution in [0.1, 0.15) is 53.4 Å². The van der Waals surface area contributed by atoms with E-state index in [4.69, 9.17) is 4.74 Å². The highest BCUT2D eigenvalue weighted by Gasteiger charge is 2.43. The minimum Gasteiger partial charge on any atom is -0.374 e. The molecule has 0 radical (unpaired) electrons.